The Morgan fingerprint density at radius 1 is 0.771 bits per heavy atom. The van der Waals surface area contributed by atoms with Crippen molar-refractivity contribution >= 4 is 6.08 Å². The molecule has 0 saturated heterocycles. The fourth-order valence-electron chi connectivity index (χ4n) is 4.58. The van der Waals surface area contributed by atoms with Gasteiger partial charge in [0.25, 0.3) is 0 Å². The highest BCUT2D eigenvalue weighted by molar-refractivity contribution is 5.54. The van der Waals surface area contributed by atoms with Crippen molar-refractivity contribution in [3.63, 3.8) is 0 Å². The third-order valence-electron chi connectivity index (χ3n) is 6.44. The van der Waals surface area contributed by atoms with Crippen LogP contribution in [0.25, 0.3) is 6.08 Å². The van der Waals surface area contributed by atoms with Crippen LogP contribution in [0.2, 0.25) is 0 Å². The molecule has 4 aromatic carbocycles. The topological polar surface area (TPSA) is 47.9 Å². The number of phenolic OH excluding ortho intramolecular Hbond substituents is 1. The number of fused-ring (bicyclic) bond motifs is 1. The van der Waals surface area contributed by atoms with Gasteiger partial charge in [-0.05, 0) is 71.1 Å². The highest BCUT2D eigenvalue weighted by Crippen LogP contribution is 2.50. The molecule has 1 aliphatic rings. The van der Waals surface area contributed by atoms with E-state index in [2.05, 4.69) is 42.5 Å². The van der Waals surface area contributed by atoms with Gasteiger partial charge in [0.2, 0.25) is 0 Å². The molecule has 0 spiro atoms. The van der Waals surface area contributed by atoms with E-state index in [-0.39, 0.29) is 17.8 Å². The van der Waals surface area contributed by atoms with Gasteiger partial charge >= 0.3 is 0 Å². The Balaban J connectivity index is 1.44. The van der Waals surface area contributed by atoms with E-state index in [0.717, 1.165) is 40.4 Å². The number of phenols is 1. The zero-order valence-electron chi connectivity index (χ0n) is 19.8. The molecule has 4 nitrogen and oxygen atoms in total. The van der Waals surface area contributed by atoms with Gasteiger partial charge in [0.15, 0.2) is 0 Å². The maximum atomic E-state index is 9.77. The van der Waals surface area contributed by atoms with Gasteiger partial charge in [-0.15, -0.1) is 0 Å². The van der Waals surface area contributed by atoms with Crippen LogP contribution in [0.15, 0.2) is 97.1 Å². The molecule has 0 aromatic heterocycles. The molecule has 5 rings (SSSR count). The lowest BCUT2D eigenvalue weighted by Crippen LogP contribution is -2.11. The summed E-state index contributed by atoms with van der Waals surface area (Å²) in [5.41, 5.74) is 5.72. The fraction of sp³-hybridized carbons (Fsp3) is 0.161. The molecule has 35 heavy (non-hydrogen) atoms. The molecule has 1 N–H and O–H groups in total. The number of rotatable bonds is 7. The number of hydrogen-bond donors (Lipinski definition) is 1. The molecule has 0 saturated carbocycles. The number of aromatic hydroxyl groups is 1. The van der Waals surface area contributed by atoms with Crippen molar-refractivity contribution in [1.82, 2.24) is 0 Å². The lowest BCUT2D eigenvalue weighted by Gasteiger charge is -2.20. The van der Waals surface area contributed by atoms with Crippen molar-refractivity contribution in [2.45, 2.75) is 18.4 Å². The molecule has 1 heterocycles. The lowest BCUT2D eigenvalue weighted by atomic mass is 9.84. The number of methoxy groups -OCH3 is 2. The van der Waals surface area contributed by atoms with E-state index < -0.39 is 0 Å². The van der Waals surface area contributed by atoms with Gasteiger partial charge in [-0.25, -0.2) is 0 Å². The van der Waals surface area contributed by atoms with Crippen LogP contribution in [0.5, 0.6) is 23.0 Å². The van der Waals surface area contributed by atoms with Gasteiger partial charge in [0.05, 0.1) is 20.1 Å². The smallest absolute Gasteiger partial charge is 0.135 e. The minimum Gasteiger partial charge on any atom is -0.508 e. The molecule has 0 bridgehead atoms. The fourth-order valence-corrected chi connectivity index (χ4v) is 4.58. The number of benzene rings is 4. The van der Waals surface area contributed by atoms with E-state index in [0.29, 0.717) is 0 Å². The van der Waals surface area contributed by atoms with E-state index in [9.17, 15) is 5.11 Å². The second-order valence-corrected chi connectivity index (χ2v) is 8.63. The molecular formula is C31H28O4. The van der Waals surface area contributed by atoms with Gasteiger partial charge < -0.3 is 19.3 Å². The van der Waals surface area contributed by atoms with Gasteiger partial charge in [-0.1, -0.05) is 60.7 Å². The first-order chi connectivity index (χ1) is 17.1. The van der Waals surface area contributed by atoms with E-state index >= 15 is 0 Å². The molecule has 0 unspecified atom stereocenters. The second kappa shape index (κ2) is 9.98. The average molecular weight is 465 g/mol. The zero-order valence-corrected chi connectivity index (χ0v) is 19.8. The molecule has 2 atom stereocenters. The van der Waals surface area contributed by atoms with Crippen molar-refractivity contribution in [2.24, 2.45) is 0 Å². The first-order valence-electron chi connectivity index (χ1n) is 11.7. The maximum Gasteiger partial charge on any atom is 0.135 e. The highest BCUT2D eigenvalue weighted by atomic mass is 16.5. The molecule has 4 aromatic rings. The Labute approximate surface area is 206 Å². The second-order valence-electron chi connectivity index (χ2n) is 8.63. The van der Waals surface area contributed by atoms with E-state index in [1.54, 1.807) is 26.4 Å². The molecule has 1 aliphatic heterocycles. The summed E-state index contributed by atoms with van der Waals surface area (Å²) < 4.78 is 17.1. The van der Waals surface area contributed by atoms with Crippen LogP contribution >= 0.6 is 0 Å². The van der Waals surface area contributed by atoms with Crippen LogP contribution in [0.4, 0.5) is 0 Å². The molecule has 176 valence electrons. The summed E-state index contributed by atoms with van der Waals surface area (Å²) in [5.74, 6) is 2.86. The summed E-state index contributed by atoms with van der Waals surface area (Å²) >= 11 is 0. The predicted molar refractivity (Wildman–Crippen MR) is 138 cm³/mol. The van der Waals surface area contributed by atoms with Gasteiger partial charge in [0, 0.05) is 5.56 Å². The Morgan fingerprint density at radius 2 is 1.40 bits per heavy atom. The third kappa shape index (κ3) is 4.87. The largest absolute Gasteiger partial charge is 0.508 e. The number of ether oxygens (including phenoxy) is 3. The number of allylic oxidation sites excluding steroid dienone is 1. The van der Waals surface area contributed by atoms with Crippen LogP contribution in [-0.4, -0.2) is 19.3 Å². The van der Waals surface area contributed by atoms with Gasteiger partial charge in [-0.3, -0.25) is 0 Å². The van der Waals surface area contributed by atoms with E-state index in [1.165, 1.54) is 11.1 Å². The maximum absolute atomic E-state index is 9.77. The highest BCUT2D eigenvalue weighted by Gasteiger charge is 2.36. The number of hydrogen-bond acceptors (Lipinski definition) is 4. The molecule has 0 fully saturated rings. The summed E-state index contributed by atoms with van der Waals surface area (Å²) in [6.07, 6.45) is 4.95. The first kappa shape index (κ1) is 22.6. The normalized spacial score (nSPS) is 16.6. The SMILES string of the molecule is COc1ccc(/C=C/Cc2ccc3c(c2)[C@H](c2ccc(OC)cc2)[C@@H](c2ccc(O)cc2)O3)cc1. The molecule has 0 aliphatic carbocycles. The van der Waals surface area contributed by atoms with Crippen molar-refractivity contribution < 1.29 is 19.3 Å². The van der Waals surface area contributed by atoms with Crippen LogP contribution in [0, 0.1) is 0 Å². The quantitative estimate of drug-likeness (QED) is 0.322. The van der Waals surface area contributed by atoms with Crippen molar-refractivity contribution in [2.75, 3.05) is 14.2 Å². The summed E-state index contributed by atoms with van der Waals surface area (Å²) in [5, 5.41) is 9.77. The summed E-state index contributed by atoms with van der Waals surface area (Å²) in [4.78, 5) is 0. The van der Waals surface area contributed by atoms with Crippen molar-refractivity contribution in [3.8, 4) is 23.0 Å². The van der Waals surface area contributed by atoms with Crippen LogP contribution < -0.4 is 14.2 Å². The van der Waals surface area contributed by atoms with Crippen molar-refractivity contribution in [1.29, 1.82) is 0 Å². The minimum absolute atomic E-state index is 0.0333. The first-order valence-corrected chi connectivity index (χ1v) is 11.7. The van der Waals surface area contributed by atoms with Gasteiger partial charge in [0.1, 0.15) is 29.1 Å². The van der Waals surface area contributed by atoms with Crippen LogP contribution in [0.1, 0.15) is 39.8 Å². The van der Waals surface area contributed by atoms with E-state index in [4.69, 9.17) is 14.2 Å². The predicted octanol–water partition coefficient (Wildman–Crippen LogP) is 6.93. The Kier molecular flexibility index (Phi) is 6.44. The molecule has 0 amide bonds. The summed E-state index contributed by atoms with van der Waals surface area (Å²) in [6, 6.07) is 30.0. The van der Waals surface area contributed by atoms with Crippen LogP contribution in [0.3, 0.4) is 0 Å². The Morgan fingerprint density at radius 3 is 2.06 bits per heavy atom. The third-order valence-corrected chi connectivity index (χ3v) is 6.44. The summed E-state index contributed by atoms with van der Waals surface area (Å²) in [6.45, 7) is 0. The van der Waals surface area contributed by atoms with Crippen molar-refractivity contribution in [3.05, 3.63) is 125 Å². The summed E-state index contributed by atoms with van der Waals surface area (Å²) in [7, 11) is 3.35. The Hall–Kier alpha value is -4.18. The monoisotopic (exact) mass is 464 g/mol. The Bertz CT molecular complexity index is 1310. The zero-order chi connectivity index (χ0) is 24.2. The molecular weight excluding hydrogens is 436 g/mol. The van der Waals surface area contributed by atoms with Crippen LogP contribution in [-0.2, 0) is 6.42 Å². The average Bonchev–Trinajstić information content (AvgIpc) is 3.28. The molecule has 0 radical (unpaired) electrons. The lowest BCUT2D eigenvalue weighted by molar-refractivity contribution is 0.222. The standard InChI is InChI=1S/C31H28O4/c1-33-26-15-6-21(7-16-26)4-3-5-22-8-19-29-28(20-22)30(23-11-17-27(34-2)18-12-23)31(35-29)24-9-13-25(32)14-10-24/h3-4,6-20,30-32H,5H2,1-2H3/b4-3+/t30-,31+/m0/s1. The molecule has 4 heteroatoms. The van der Waals surface area contributed by atoms with E-state index in [1.807, 2.05) is 48.5 Å². The van der Waals surface area contributed by atoms with Gasteiger partial charge in [-0.2, -0.15) is 0 Å². The minimum atomic E-state index is -0.177.